The van der Waals surface area contributed by atoms with E-state index in [4.69, 9.17) is 53.1 Å². The van der Waals surface area contributed by atoms with Crippen LogP contribution in [0.4, 0.5) is 0 Å². The van der Waals surface area contributed by atoms with Gasteiger partial charge in [-0.3, -0.25) is 0 Å². The molecule has 0 amide bonds. The molecule has 0 spiro atoms. The van der Waals surface area contributed by atoms with Gasteiger partial charge in [0, 0.05) is 24.6 Å². The molecule has 0 bridgehead atoms. The maximum absolute atomic E-state index is 5.77. The second-order valence-electron chi connectivity index (χ2n) is 5.53. The van der Waals surface area contributed by atoms with E-state index in [1.807, 2.05) is 62.4 Å². The topological polar surface area (TPSA) is 18.5 Å². The Morgan fingerprint density at radius 3 is 1.28 bits per heavy atom. The van der Waals surface area contributed by atoms with Crippen molar-refractivity contribution < 1.29 is 8.37 Å². The minimum atomic E-state index is -2.08. The summed E-state index contributed by atoms with van der Waals surface area (Å²) in [6.07, 6.45) is 0.655. The molecule has 0 aliphatic rings. The zero-order valence-corrected chi connectivity index (χ0v) is 18.9. The molecule has 2 nitrogen and oxygen atoms in total. The summed E-state index contributed by atoms with van der Waals surface area (Å²) in [5.74, 6) is 0. The first-order chi connectivity index (χ1) is 11.7. The molecular formula is C17H20O2S6. The molecule has 0 aliphatic heterocycles. The van der Waals surface area contributed by atoms with Crippen molar-refractivity contribution in [3.05, 3.63) is 59.7 Å². The maximum atomic E-state index is 5.77. The van der Waals surface area contributed by atoms with Gasteiger partial charge >= 0.3 is 0 Å². The van der Waals surface area contributed by atoms with Gasteiger partial charge in [0.25, 0.3) is 0 Å². The molecular weight excluding hydrogens is 429 g/mol. The average Bonchev–Trinajstić information content (AvgIpc) is 2.55. The Bertz CT molecular complexity index is 821. The monoisotopic (exact) mass is 448 g/mol. The van der Waals surface area contributed by atoms with Crippen LogP contribution in [0.15, 0.2) is 58.3 Å². The molecule has 0 atom stereocenters. The summed E-state index contributed by atoms with van der Waals surface area (Å²) in [5, 5.41) is 0. The molecule has 0 aliphatic carbocycles. The standard InChI is InChI=1S/C17H20O2S6/c1-14-4-8-16(9-5-14)24(20,21)18-12-3-13-19-25(22,23)17-10-6-15(2)7-11-17/h4-11H,3,12-13H2,1-2H3. The Hall–Kier alpha value is -0.0600. The third kappa shape index (κ3) is 6.55. The van der Waals surface area contributed by atoms with Crippen LogP contribution in [0.3, 0.4) is 0 Å². The number of rotatable bonds is 8. The predicted octanol–water partition coefficient (Wildman–Crippen LogP) is 4.13. The first kappa shape index (κ1) is 21.2. The largest absolute Gasteiger partial charge is 0.306 e. The Labute approximate surface area is 170 Å². The van der Waals surface area contributed by atoms with Gasteiger partial charge in [-0.05, 0) is 89.3 Å². The normalized spacial score (nSPS) is 12.2. The summed E-state index contributed by atoms with van der Waals surface area (Å²) in [6.45, 7) is 4.92. The predicted molar refractivity (Wildman–Crippen MR) is 120 cm³/mol. The molecule has 0 radical (unpaired) electrons. The fourth-order valence-corrected chi connectivity index (χ4v) is 5.98. The summed E-state index contributed by atoms with van der Waals surface area (Å²) < 4.78 is 11.5. The highest BCUT2D eigenvalue weighted by Gasteiger charge is 2.08. The lowest BCUT2D eigenvalue weighted by Gasteiger charge is -2.14. The van der Waals surface area contributed by atoms with Gasteiger partial charge in [0.1, 0.15) is 0 Å². The van der Waals surface area contributed by atoms with Crippen molar-refractivity contribution in [1.82, 2.24) is 0 Å². The van der Waals surface area contributed by atoms with E-state index in [1.54, 1.807) is 0 Å². The highest BCUT2D eigenvalue weighted by atomic mass is 33.1. The van der Waals surface area contributed by atoms with E-state index in [0.29, 0.717) is 19.6 Å². The Kier molecular flexibility index (Phi) is 7.84. The number of hydrogen-bond donors (Lipinski definition) is 0. The van der Waals surface area contributed by atoms with Gasteiger partial charge in [-0.1, -0.05) is 35.4 Å². The van der Waals surface area contributed by atoms with Crippen LogP contribution in [0.25, 0.3) is 0 Å². The molecule has 0 saturated heterocycles. The summed E-state index contributed by atoms with van der Waals surface area (Å²) in [5.41, 5.74) is 2.34. The van der Waals surface area contributed by atoms with Crippen LogP contribution < -0.4 is 0 Å². The molecule has 2 aromatic carbocycles. The lowest BCUT2D eigenvalue weighted by atomic mass is 10.2. The van der Waals surface area contributed by atoms with Crippen molar-refractivity contribution >= 4 is 59.6 Å². The van der Waals surface area contributed by atoms with Gasteiger partial charge in [0.2, 0.25) is 0 Å². The van der Waals surface area contributed by atoms with Gasteiger partial charge in [-0.2, -0.15) is 0 Å². The van der Waals surface area contributed by atoms with Crippen molar-refractivity contribution in [1.29, 1.82) is 0 Å². The van der Waals surface area contributed by atoms with Gasteiger partial charge in [-0.25, -0.2) is 0 Å². The second kappa shape index (κ2) is 9.23. The number of benzene rings is 2. The molecule has 0 heterocycles. The summed E-state index contributed by atoms with van der Waals surface area (Å²) in [7, 11) is -4.17. The first-order valence-corrected chi connectivity index (χ1v) is 14.4. The summed E-state index contributed by atoms with van der Waals surface area (Å²) in [6, 6.07) is 15.8. The van der Waals surface area contributed by atoms with Crippen molar-refractivity contribution in [2.24, 2.45) is 0 Å². The fourth-order valence-electron chi connectivity index (χ4n) is 1.94. The van der Waals surface area contributed by atoms with E-state index in [1.165, 1.54) is 11.1 Å². The number of hydrogen-bond acceptors (Lipinski definition) is 6. The summed E-state index contributed by atoms with van der Waals surface area (Å²) >= 11 is 21.9. The minimum absolute atomic E-state index is 0.435. The number of aryl methyl sites for hydroxylation is 2. The molecule has 2 aromatic rings. The highest BCUT2D eigenvalue weighted by molar-refractivity contribution is 8.54. The maximum Gasteiger partial charge on any atom is 0.0646 e. The zero-order valence-electron chi connectivity index (χ0n) is 14.0. The fraction of sp³-hybridized carbons (Fsp3) is 0.294. The SMILES string of the molecule is Cc1ccc(S(=S)(=S)OCCCOS(=S)(=S)c2ccc(C)cc2)cc1. The van der Waals surface area contributed by atoms with Crippen molar-refractivity contribution in [2.45, 2.75) is 30.1 Å². The molecule has 136 valence electrons. The van der Waals surface area contributed by atoms with Crippen molar-refractivity contribution in [2.75, 3.05) is 13.2 Å². The van der Waals surface area contributed by atoms with Crippen LogP contribution in [-0.4, -0.2) is 13.2 Å². The van der Waals surface area contributed by atoms with E-state index in [-0.39, 0.29) is 0 Å². The van der Waals surface area contributed by atoms with Crippen LogP contribution in [-0.2, 0) is 68.0 Å². The van der Waals surface area contributed by atoms with E-state index in [0.717, 1.165) is 9.79 Å². The molecule has 0 aromatic heterocycles. The van der Waals surface area contributed by atoms with E-state index in [9.17, 15) is 0 Å². The van der Waals surface area contributed by atoms with Gasteiger partial charge < -0.3 is 8.37 Å². The quantitative estimate of drug-likeness (QED) is 0.561. The third-order valence-electron chi connectivity index (χ3n) is 3.38. The summed E-state index contributed by atoms with van der Waals surface area (Å²) in [4.78, 5) is 1.77. The van der Waals surface area contributed by atoms with Gasteiger partial charge in [-0.15, -0.1) is 0 Å². The molecule has 0 N–H and O–H groups in total. The van der Waals surface area contributed by atoms with E-state index < -0.39 is 14.9 Å². The second-order valence-corrected chi connectivity index (χ2v) is 15.7. The van der Waals surface area contributed by atoms with E-state index in [2.05, 4.69) is 0 Å². The smallest absolute Gasteiger partial charge is 0.0646 e. The highest BCUT2D eigenvalue weighted by Crippen LogP contribution is 2.16. The molecule has 2 rings (SSSR count). The third-order valence-corrected chi connectivity index (χ3v) is 9.50. The Balaban J connectivity index is 1.83. The molecule has 0 saturated carbocycles. The first-order valence-electron chi connectivity index (χ1n) is 7.63. The van der Waals surface area contributed by atoms with Gasteiger partial charge in [0.05, 0.1) is 13.2 Å². The Morgan fingerprint density at radius 1 is 0.640 bits per heavy atom. The van der Waals surface area contributed by atoms with Crippen LogP contribution in [0.2, 0.25) is 0 Å². The average molecular weight is 449 g/mol. The molecule has 0 fully saturated rings. The molecule has 0 unspecified atom stereocenters. The van der Waals surface area contributed by atoms with Crippen LogP contribution in [0.1, 0.15) is 17.5 Å². The zero-order chi connectivity index (χ0) is 18.5. The van der Waals surface area contributed by atoms with Crippen LogP contribution >= 0.6 is 0 Å². The van der Waals surface area contributed by atoms with Crippen molar-refractivity contribution in [3.8, 4) is 0 Å². The lowest BCUT2D eigenvalue weighted by Crippen LogP contribution is -2.10. The van der Waals surface area contributed by atoms with E-state index >= 15 is 0 Å². The van der Waals surface area contributed by atoms with Crippen LogP contribution in [0, 0.1) is 13.8 Å². The van der Waals surface area contributed by atoms with Crippen molar-refractivity contribution in [3.63, 3.8) is 0 Å². The van der Waals surface area contributed by atoms with Crippen LogP contribution in [0.5, 0.6) is 0 Å². The lowest BCUT2D eigenvalue weighted by molar-refractivity contribution is 0.289. The van der Waals surface area contributed by atoms with Gasteiger partial charge in [0.15, 0.2) is 0 Å². The molecule has 25 heavy (non-hydrogen) atoms. The Morgan fingerprint density at radius 2 is 0.960 bits per heavy atom. The molecule has 8 heteroatoms. The minimum Gasteiger partial charge on any atom is -0.306 e.